The van der Waals surface area contributed by atoms with E-state index in [0.29, 0.717) is 13.1 Å². The van der Waals surface area contributed by atoms with Crippen molar-refractivity contribution in [3.05, 3.63) is 0 Å². The Morgan fingerprint density at radius 3 is 2.24 bits per heavy atom. The van der Waals surface area contributed by atoms with Gasteiger partial charge in [-0.05, 0) is 25.7 Å². The molecule has 0 aromatic carbocycles. The Hall–Kier alpha value is -1.63. The van der Waals surface area contributed by atoms with Crippen LogP contribution in [0.2, 0.25) is 0 Å². The Balaban J connectivity index is 2.09. The van der Waals surface area contributed by atoms with E-state index in [4.69, 9.17) is 9.47 Å². The minimum Gasteiger partial charge on any atom is -0.469 e. The number of ether oxygens (including phenoxy) is 2. The molecule has 0 saturated heterocycles. The summed E-state index contributed by atoms with van der Waals surface area (Å²) in [6.07, 6.45) is 3.02. The number of hydrogen-bond acceptors (Lipinski definition) is 5. The topological polar surface area (TPSA) is 93.7 Å². The van der Waals surface area contributed by atoms with Gasteiger partial charge < -0.3 is 20.1 Å². The first-order chi connectivity index (χ1) is 10.0. The van der Waals surface area contributed by atoms with Crippen LogP contribution in [-0.2, 0) is 23.9 Å². The number of rotatable bonds is 7. The number of methoxy groups -OCH3 is 1. The van der Waals surface area contributed by atoms with Gasteiger partial charge in [-0.1, -0.05) is 0 Å². The Kier molecular flexibility index (Phi) is 7.74. The molecule has 0 atom stereocenters. The van der Waals surface area contributed by atoms with Gasteiger partial charge in [0.15, 0.2) is 0 Å². The van der Waals surface area contributed by atoms with Crippen molar-refractivity contribution in [1.82, 2.24) is 10.6 Å². The summed E-state index contributed by atoms with van der Waals surface area (Å²) in [5, 5.41) is 5.25. The summed E-state index contributed by atoms with van der Waals surface area (Å²) < 4.78 is 10.3. The molecular formula is C14H24N2O5. The van der Waals surface area contributed by atoms with Crippen molar-refractivity contribution in [2.75, 3.05) is 26.8 Å². The van der Waals surface area contributed by atoms with Gasteiger partial charge in [0.2, 0.25) is 11.8 Å². The average molecular weight is 300 g/mol. The van der Waals surface area contributed by atoms with E-state index in [0.717, 1.165) is 25.7 Å². The largest absolute Gasteiger partial charge is 0.469 e. The van der Waals surface area contributed by atoms with Crippen LogP contribution in [0.15, 0.2) is 0 Å². The molecule has 2 N–H and O–H groups in total. The number of amides is 2. The van der Waals surface area contributed by atoms with E-state index in [-0.39, 0.29) is 36.4 Å². The molecule has 0 bridgehead atoms. The van der Waals surface area contributed by atoms with Crippen molar-refractivity contribution in [2.24, 2.45) is 5.92 Å². The van der Waals surface area contributed by atoms with Crippen LogP contribution >= 0.6 is 0 Å². The Morgan fingerprint density at radius 2 is 1.67 bits per heavy atom. The summed E-state index contributed by atoms with van der Waals surface area (Å²) in [4.78, 5) is 33.5. The standard InChI is InChI=1S/C14H24N2O5/c1-10(17)15-7-8-16-13(18)9-21-12-5-3-11(4-6-12)14(19)20-2/h11-12H,3-9H2,1-2H3,(H,15,17)(H,16,18). The Labute approximate surface area is 124 Å². The number of carbonyl (C=O) groups excluding carboxylic acids is 3. The van der Waals surface area contributed by atoms with Gasteiger partial charge in [-0.3, -0.25) is 14.4 Å². The second kappa shape index (κ2) is 9.33. The van der Waals surface area contributed by atoms with E-state index >= 15 is 0 Å². The van der Waals surface area contributed by atoms with E-state index < -0.39 is 0 Å². The first-order valence-corrected chi connectivity index (χ1v) is 7.23. The van der Waals surface area contributed by atoms with Crippen molar-refractivity contribution in [2.45, 2.75) is 38.7 Å². The third-order valence-electron chi connectivity index (χ3n) is 3.48. The maximum absolute atomic E-state index is 11.5. The quantitative estimate of drug-likeness (QED) is 0.509. The molecule has 7 nitrogen and oxygen atoms in total. The van der Waals surface area contributed by atoms with E-state index in [9.17, 15) is 14.4 Å². The molecule has 1 saturated carbocycles. The lowest BCUT2D eigenvalue weighted by molar-refractivity contribution is -0.148. The molecule has 0 aromatic rings. The number of carbonyl (C=O) groups is 3. The van der Waals surface area contributed by atoms with E-state index in [1.165, 1.54) is 14.0 Å². The zero-order valence-corrected chi connectivity index (χ0v) is 12.6. The van der Waals surface area contributed by atoms with Gasteiger partial charge in [-0.15, -0.1) is 0 Å². The molecule has 0 spiro atoms. The van der Waals surface area contributed by atoms with Crippen molar-refractivity contribution in [3.8, 4) is 0 Å². The fourth-order valence-corrected chi connectivity index (χ4v) is 2.32. The lowest BCUT2D eigenvalue weighted by atomic mass is 9.87. The lowest BCUT2D eigenvalue weighted by Gasteiger charge is -2.26. The van der Waals surface area contributed by atoms with Crippen LogP contribution in [-0.4, -0.2) is 50.7 Å². The number of hydrogen-bond donors (Lipinski definition) is 2. The summed E-state index contributed by atoms with van der Waals surface area (Å²) in [6, 6.07) is 0. The second-order valence-corrected chi connectivity index (χ2v) is 5.14. The van der Waals surface area contributed by atoms with Crippen LogP contribution in [0.3, 0.4) is 0 Å². The molecule has 0 heterocycles. The summed E-state index contributed by atoms with van der Waals surface area (Å²) in [7, 11) is 1.40. The predicted molar refractivity (Wildman–Crippen MR) is 75.4 cm³/mol. The minimum absolute atomic E-state index is 0.00757. The van der Waals surface area contributed by atoms with Crippen molar-refractivity contribution >= 4 is 17.8 Å². The molecule has 1 rings (SSSR count). The molecule has 120 valence electrons. The monoisotopic (exact) mass is 300 g/mol. The molecule has 1 fully saturated rings. The summed E-state index contributed by atoms with van der Waals surface area (Å²) >= 11 is 0. The van der Waals surface area contributed by atoms with Gasteiger partial charge in [-0.25, -0.2) is 0 Å². The maximum atomic E-state index is 11.5. The molecule has 1 aliphatic carbocycles. The van der Waals surface area contributed by atoms with E-state index in [2.05, 4.69) is 10.6 Å². The van der Waals surface area contributed by atoms with Gasteiger partial charge in [0.05, 0.1) is 19.1 Å². The van der Waals surface area contributed by atoms with Crippen LogP contribution in [0.4, 0.5) is 0 Å². The summed E-state index contributed by atoms with van der Waals surface area (Å²) in [5.74, 6) is -0.524. The summed E-state index contributed by atoms with van der Waals surface area (Å²) in [5.41, 5.74) is 0. The van der Waals surface area contributed by atoms with Gasteiger partial charge in [0.25, 0.3) is 0 Å². The summed E-state index contributed by atoms with van der Waals surface area (Å²) in [6.45, 7) is 2.23. The number of esters is 1. The molecule has 7 heteroatoms. The lowest BCUT2D eigenvalue weighted by Crippen LogP contribution is -2.36. The molecule has 2 amide bonds. The molecule has 21 heavy (non-hydrogen) atoms. The van der Waals surface area contributed by atoms with Crippen LogP contribution in [0.5, 0.6) is 0 Å². The fraction of sp³-hybridized carbons (Fsp3) is 0.786. The first-order valence-electron chi connectivity index (χ1n) is 7.23. The maximum Gasteiger partial charge on any atom is 0.308 e. The van der Waals surface area contributed by atoms with Crippen LogP contribution in [0, 0.1) is 5.92 Å². The highest BCUT2D eigenvalue weighted by atomic mass is 16.5. The highest BCUT2D eigenvalue weighted by Crippen LogP contribution is 2.26. The predicted octanol–water partition coefficient (Wildman–Crippen LogP) is -0.0129. The Bertz CT molecular complexity index is 364. The highest BCUT2D eigenvalue weighted by molar-refractivity contribution is 5.77. The van der Waals surface area contributed by atoms with E-state index in [1.807, 2.05) is 0 Å². The van der Waals surface area contributed by atoms with Gasteiger partial charge in [0.1, 0.15) is 6.61 Å². The normalized spacial score (nSPS) is 21.4. The van der Waals surface area contributed by atoms with Gasteiger partial charge in [-0.2, -0.15) is 0 Å². The highest BCUT2D eigenvalue weighted by Gasteiger charge is 2.27. The first kappa shape index (κ1) is 17.4. The van der Waals surface area contributed by atoms with Crippen molar-refractivity contribution in [3.63, 3.8) is 0 Å². The molecule has 0 aromatic heterocycles. The zero-order chi connectivity index (χ0) is 15.7. The fourth-order valence-electron chi connectivity index (χ4n) is 2.32. The molecule has 0 aliphatic heterocycles. The van der Waals surface area contributed by atoms with Crippen LogP contribution in [0.25, 0.3) is 0 Å². The SMILES string of the molecule is COC(=O)C1CCC(OCC(=O)NCCNC(C)=O)CC1. The van der Waals surface area contributed by atoms with Gasteiger partial charge in [0, 0.05) is 20.0 Å². The second-order valence-electron chi connectivity index (χ2n) is 5.14. The van der Waals surface area contributed by atoms with Crippen LogP contribution < -0.4 is 10.6 Å². The average Bonchev–Trinajstić information content (AvgIpc) is 2.49. The molecule has 0 radical (unpaired) electrons. The third kappa shape index (κ3) is 7.08. The van der Waals surface area contributed by atoms with Crippen molar-refractivity contribution in [1.29, 1.82) is 0 Å². The number of nitrogens with one attached hydrogen (secondary N) is 2. The molecule has 1 aliphatic rings. The zero-order valence-electron chi connectivity index (χ0n) is 12.6. The molecular weight excluding hydrogens is 276 g/mol. The Morgan fingerprint density at radius 1 is 1.05 bits per heavy atom. The van der Waals surface area contributed by atoms with Crippen LogP contribution in [0.1, 0.15) is 32.6 Å². The van der Waals surface area contributed by atoms with Gasteiger partial charge >= 0.3 is 5.97 Å². The smallest absolute Gasteiger partial charge is 0.308 e. The molecule has 0 unspecified atom stereocenters. The minimum atomic E-state index is -0.199. The van der Waals surface area contributed by atoms with E-state index in [1.54, 1.807) is 0 Å². The third-order valence-corrected chi connectivity index (χ3v) is 3.48. The van der Waals surface area contributed by atoms with Crippen molar-refractivity contribution < 1.29 is 23.9 Å².